The van der Waals surface area contributed by atoms with Crippen molar-refractivity contribution in [3.05, 3.63) is 29.8 Å². The second kappa shape index (κ2) is 9.32. The molecule has 1 aliphatic rings. The lowest BCUT2D eigenvalue weighted by Gasteiger charge is -2.33. The fourth-order valence-corrected chi connectivity index (χ4v) is 4.37. The summed E-state index contributed by atoms with van der Waals surface area (Å²) >= 11 is 0. The van der Waals surface area contributed by atoms with Crippen molar-refractivity contribution in [1.82, 2.24) is 9.62 Å². The second-order valence-electron chi connectivity index (χ2n) is 6.75. The molecule has 1 aromatic rings. The molecule has 1 aromatic carbocycles. The molecular formula is C19H28N2O5S. The maximum atomic E-state index is 12.8. The normalized spacial score (nSPS) is 16.8. The van der Waals surface area contributed by atoms with Crippen LogP contribution in [0.15, 0.2) is 29.2 Å². The number of nitrogens with one attached hydrogen (secondary N) is 1. The fraction of sp³-hybridized carbons (Fsp3) is 0.579. The predicted molar refractivity (Wildman–Crippen MR) is 102 cm³/mol. The number of carbonyl (C=O) groups is 2. The Kier molecular flexibility index (Phi) is 7.38. The van der Waals surface area contributed by atoms with Gasteiger partial charge in [-0.2, -0.15) is 4.72 Å². The van der Waals surface area contributed by atoms with Crippen LogP contribution in [0, 0.1) is 12.8 Å². The molecule has 150 valence electrons. The van der Waals surface area contributed by atoms with Gasteiger partial charge in [0.25, 0.3) is 0 Å². The van der Waals surface area contributed by atoms with E-state index in [0.29, 0.717) is 39.0 Å². The molecule has 0 bridgehead atoms. The van der Waals surface area contributed by atoms with E-state index in [-0.39, 0.29) is 22.7 Å². The number of nitrogens with zero attached hydrogens (tertiary/aromatic N) is 1. The molecule has 7 nitrogen and oxygen atoms in total. The van der Waals surface area contributed by atoms with Crippen LogP contribution in [0.3, 0.4) is 0 Å². The number of likely N-dealkylation sites (tertiary alicyclic amines) is 1. The van der Waals surface area contributed by atoms with Gasteiger partial charge in [0.2, 0.25) is 15.9 Å². The monoisotopic (exact) mass is 396 g/mol. The molecule has 27 heavy (non-hydrogen) atoms. The average Bonchev–Trinajstić information content (AvgIpc) is 2.66. The topological polar surface area (TPSA) is 92.8 Å². The maximum Gasteiger partial charge on any atom is 0.309 e. The molecule has 0 spiro atoms. The predicted octanol–water partition coefficient (Wildman–Crippen LogP) is 1.85. The molecule has 2 rings (SSSR count). The van der Waals surface area contributed by atoms with Crippen LogP contribution < -0.4 is 4.72 Å². The van der Waals surface area contributed by atoms with Gasteiger partial charge in [-0.1, -0.05) is 24.6 Å². The van der Waals surface area contributed by atoms with Crippen molar-refractivity contribution >= 4 is 21.9 Å². The third-order valence-electron chi connectivity index (χ3n) is 4.76. The first kappa shape index (κ1) is 21.4. The number of benzene rings is 1. The van der Waals surface area contributed by atoms with E-state index in [4.69, 9.17) is 4.74 Å². The lowest BCUT2D eigenvalue weighted by molar-refractivity contribution is -0.151. The summed E-state index contributed by atoms with van der Waals surface area (Å²) in [4.78, 5) is 26.4. The molecule has 1 aliphatic heterocycles. The minimum absolute atomic E-state index is 0.139. The van der Waals surface area contributed by atoms with Crippen LogP contribution in [-0.4, -0.2) is 50.9 Å². The molecule has 1 saturated heterocycles. The molecule has 0 saturated carbocycles. The van der Waals surface area contributed by atoms with Gasteiger partial charge in [-0.25, -0.2) is 8.42 Å². The summed E-state index contributed by atoms with van der Waals surface area (Å²) in [6.07, 6.45) is 1.42. The van der Waals surface area contributed by atoms with Gasteiger partial charge in [0.15, 0.2) is 0 Å². The Labute approximate surface area is 161 Å². The highest BCUT2D eigenvalue weighted by atomic mass is 32.2. The van der Waals surface area contributed by atoms with Crippen LogP contribution in [0.25, 0.3) is 0 Å². The largest absolute Gasteiger partial charge is 0.466 e. The Hall–Kier alpha value is -1.93. The first-order chi connectivity index (χ1) is 12.8. The maximum absolute atomic E-state index is 12.8. The first-order valence-corrected chi connectivity index (χ1v) is 10.8. The van der Waals surface area contributed by atoms with Gasteiger partial charge in [-0.15, -0.1) is 0 Å². The Morgan fingerprint density at radius 3 is 2.30 bits per heavy atom. The van der Waals surface area contributed by atoms with Gasteiger partial charge in [0.05, 0.1) is 17.4 Å². The van der Waals surface area contributed by atoms with Gasteiger partial charge < -0.3 is 9.64 Å². The highest BCUT2D eigenvalue weighted by Crippen LogP contribution is 2.20. The van der Waals surface area contributed by atoms with Gasteiger partial charge in [0.1, 0.15) is 6.04 Å². The number of piperidine rings is 1. The molecule has 1 heterocycles. The van der Waals surface area contributed by atoms with Crippen LogP contribution in [0.4, 0.5) is 0 Å². The lowest BCUT2D eigenvalue weighted by Crippen LogP contribution is -2.50. The first-order valence-electron chi connectivity index (χ1n) is 9.33. The summed E-state index contributed by atoms with van der Waals surface area (Å²) < 4.78 is 32.7. The van der Waals surface area contributed by atoms with E-state index in [1.165, 1.54) is 12.1 Å². The summed E-state index contributed by atoms with van der Waals surface area (Å²) in [5, 5.41) is 0. The fourth-order valence-electron chi connectivity index (χ4n) is 3.10. The molecule has 1 fully saturated rings. The van der Waals surface area contributed by atoms with Crippen molar-refractivity contribution in [2.24, 2.45) is 5.92 Å². The molecule has 1 amide bonds. The zero-order valence-corrected chi connectivity index (χ0v) is 16.9. The number of rotatable bonds is 7. The van der Waals surface area contributed by atoms with E-state index < -0.39 is 16.1 Å². The summed E-state index contributed by atoms with van der Waals surface area (Å²) in [6.45, 7) is 6.60. The van der Waals surface area contributed by atoms with Crippen molar-refractivity contribution in [3.8, 4) is 0 Å². The van der Waals surface area contributed by atoms with E-state index in [1.807, 2.05) is 6.92 Å². The number of hydrogen-bond donors (Lipinski definition) is 1. The van der Waals surface area contributed by atoms with E-state index >= 15 is 0 Å². The SMILES string of the molecule is CCOC(=O)C1CCN(C(=O)C(CC)NS(=O)(=O)c2ccc(C)cc2)CC1. The van der Waals surface area contributed by atoms with E-state index in [1.54, 1.807) is 30.9 Å². The van der Waals surface area contributed by atoms with Gasteiger partial charge in [0, 0.05) is 13.1 Å². The van der Waals surface area contributed by atoms with Crippen LogP contribution in [-0.2, 0) is 24.3 Å². The Bertz CT molecular complexity index is 753. The van der Waals surface area contributed by atoms with Crippen molar-refractivity contribution in [1.29, 1.82) is 0 Å². The molecule has 0 radical (unpaired) electrons. The van der Waals surface area contributed by atoms with Gasteiger partial charge in [-0.3, -0.25) is 9.59 Å². The quantitative estimate of drug-likeness (QED) is 0.710. The number of aryl methyl sites for hydroxylation is 1. The van der Waals surface area contributed by atoms with Gasteiger partial charge in [-0.05, 0) is 45.2 Å². The van der Waals surface area contributed by atoms with Crippen LogP contribution in [0.5, 0.6) is 0 Å². The summed E-state index contributed by atoms with van der Waals surface area (Å²) in [6, 6.07) is 5.67. The Balaban J connectivity index is 2.00. The standard InChI is InChI=1S/C19H28N2O5S/c1-4-17(20-27(24,25)16-8-6-14(3)7-9-16)18(22)21-12-10-15(11-13-21)19(23)26-5-2/h6-9,15,17,20H,4-5,10-13H2,1-3H3. The van der Waals surface area contributed by atoms with E-state index in [9.17, 15) is 18.0 Å². The lowest BCUT2D eigenvalue weighted by atomic mass is 9.96. The molecule has 0 aliphatic carbocycles. The number of hydrogen-bond acceptors (Lipinski definition) is 5. The number of esters is 1. The third-order valence-corrected chi connectivity index (χ3v) is 6.25. The smallest absolute Gasteiger partial charge is 0.309 e. The third kappa shape index (κ3) is 5.52. The zero-order valence-electron chi connectivity index (χ0n) is 16.1. The second-order valence-corrected chi connectivity index (χ2v) is 8.46. The number of sulfonamides is 1. The summed E-state index contributed by atoms with van der Waals surface area (Å²) in [7, 11) is -3.78. The number of carbonyl (C=O) groups excluding carboxylic acids is 2. The molecule has 1 unspecified atom stereocenters. The molecule has 1 atom stereocenters. The molecular weight excluding hydrogens is 368 g/mol. The Morgan fingerprint density at radius 1 is 1.19 bits per heavy atom. The Morgan fingerprint density at radius 2 is 1.78 bits per heavy atom. The zero-order chi connectivity index (χ0) is 20.0. The summed E-state index contributed by atoms with van der Waals surface area (Å²) in [5.74, 6) is -0.675. The minimum Gasteiger partial charge on any atom is -0.466 e. The van der Waals surface area contributed by atoms with Crippen LogP contribution in [0.2, 0.25) is 0 Å². The van der Waals surface area contributed by atoms with E-state index in [0.717, 1.165) is 5.56 Å². The van der Waals surface area contributed by atoms with Crippen molar-refractivity contribution in [2.75, 3.05) is 19.7 Å². The number of amides is 1. The summed E-state index contributed by atoms with van der Waals surface area (Å²) in [5.41, 5.74) is 0.960. The van der Waals surface area contributed by atoms with Gasteiger partial charge >= 0.3 is 5.97 Å². The van der Waals surface area contributed by atoms with E-state index in [2.05, 4.69) is 4.72 Å². The van der Waals surface area contributed by atoms with Crippen LogP contribution in [0.1, 0.15) is 38.7 Å². The molecule has 0 aromatic heterocycles. The van der Waals surface area contributed by atoms with Crippen molar-refractivity contribution in [3.63, 3.8) is 0 Å². The average molecular weight is 397 g/mol. The highest BCUT2D eigenvalue weighted by molar-refractivity contribution is 7.89. The minimum atomic E-state index is -3.78. The van der Waals surface area contributed by atoms with Crippen LogP contribution >= 0.6 is 0 Å². The van der Waals surface area contributed by atoms with Crippen molar-refractivity contribution in [2.45, 2.75) is 51.0 Å². The van der Waals surface area contributed by atoms with Crippen molar-refractivity contribution < 1.29 is 22.7 Å². The number of ether oxygens (including phenoxy) is 1. The molecule has 8 heteroatoms. The highest BCUT2D eigenvalue weighted by Gasteiger charge is 2.32. The molecule has 1 N–H and O–H groups in total.